The van der Waals surface area contributed by atoms with Crippen molar-refractivity contribution in [3.63, 3.8) is 0 Å². The quantitative estimate of drug-likeness (QED) is 0.675. The smallest absolute Gasteiger partial charge is 0.321 e. The van der Waals surface area contributed by atoms with E-state index in [0.717, 1.165) is 4.47 Å². The first-order valence-electron chi connectivity index (χ1n) is 5.91. The Bertz CT molecular complexity index is 851. The first-order chi connectivity index (χ1) is 9.63. The number of H-pyrrole nitrogens is 2. The van der Waals surface area contributed by atoms with Gasteiger partial charge in [0.25, 0.3) is 5.91 Å². The summed E-state index contributed by atoms with van der Waals surface area (Å²) in [5, 5.41) is 2.81. The molecule has 3 aromatic rings. The summed E-state index contributed by atoms with van der Waals surface area (Å²) in [7, 11) is 0. The molecule has 0 aliphatic heterocycles. The molecule has 0 unspecified atom stereocenters. The fraction of sp³-hybridized carbons (Fsp3) is 0. The molecular weight excluding hydrogens is 322 g/mol. The van der Waals surface area contributed by atoms with Crippen molar-refractivity contribution >= 4 is 38.6 Å². The third-order valence-corrected chi connectivity index (χ3v) is 3.59. The van der Waals surface area contributed by atoms with E-state index in [2.05, 4.69) is 31.2 Å². The van der Waals surface area contributed by atoms with Gasteiger partial charge in [-0.25, -0.2) is 4.79 Å². The zero-order chi connectivity index (χ0) is 14.1. The van der Waals surface area contributed by atoms with E-state index < -0.39 is 0 Å². The summed E-state index contributed by atoms with van der Waals surface area (Å²) < 4.78 is 0.810. The van der Waals surface area contributed by atoms with Crippen LogP contribution < -0.4 is 11.0 Å². The van der Waals surface area contributed by atoms with Crippen LogP contribution in [0.1, 0.15) is 10.4 Å². The lowest BCUT2D eigenvalue weighted by atomic mass is 10.2. The van der Waals surface area contributed by atoms with Gasteiger partial charge in [0.1, 0.15) is 0 Å². The largest absolute Gasteiger partial charge is 0.323 e. The summed E-state index contributed by atoms with van der Waals surface area (Å²) in [5.74, 6) is -0.235. The molecule has 0 saturated heterocycles. The van der Waals surface area contributed by atoms with Gasteiger partial charge >= 0.3 is 5.69 Å². The molecule has 20 heavy (non-hydrogen) atoms. The topological polar surface area (TPSA) is 77.8 Å². The number of benzene rings is 2. The molecule has 0 spiro atoms. The lowest BCUT2D eigenvalue weighted by molar-refractivity contribution is 0.102. The average Bonchev–Trinajstić information content (AvgIpc) is 2.80. The van der Waals surface area contributed by atoms with E-state index >= 15 is 0 Å². The summed E-state index contributed by atoms with van der Waals surface area (Å²) in [5.41, 5.74) is 2.16. The van der Waals surface area contributed by atoms with Crippen molar-refractivity contribution in [3.05, 3.63) is 63.0 Å². The van der Waals surface area contributed by atoms with Crippen molar-refractivity contribution in [1.29, 1.82) is 0 Å². The monoisotopic (exact) mass is 331 g/mol. The van der Waals surface area contributed by atoms with Gasteiger partial charge in [0.05, 0.1) is 16.7 Å². The van der Waals surface area contributed by atoms with Crippen LogP contribution in [0, 0.1) is 0 Å². The molecule has 1 aromatic heterocycles. The Morgan fingerprint density at radius 3 is 2.60 bits per heavy atom. The lowest BCUT2D eigenvalue weighted by Crippen LogP contribution is -2.12. The van der Waals surface area contributed by atoms with E-state index in [4.69, 9.17) is 0 Å². The van der Waals surface area contributed by atoms with Crippen LogP contribution in [0.15, 0.2) is 51.7 Å². The van der Waals surface area contributed by atoms with Crippen LogP contribution in [-0.4, -0.2) is 15.9 Å². The number of rotatable bonds is 2. The van der Waals surface area contributed by atoms with Gasteiger partial charge in [-0.05, 0) is 46.3 Å². The van der Waals surface area contributed by atoms with Crippen LogP contribution in [0.5, 0.6) is 0 Å². The molecule has 5 nitrogen and oxygen atoms in total. The van der Waals surface area contributed by atoms with E-state index in [9.17, 15) is 9.59 Å². The zero-order valence-corrected chi connectivity index (χ0v) is 11.8. The van der Waals surface area contributed by atoms with E-state index in [0.29, 0.717) is 22.3 Å². The fourth-order valence-electron chi connectivity index (χ4n) is 1.93. The highest BCUT2D eigenvalue weighted by Gasteiger charge is 2.09. The molecule has 100 valence electrons. The highest BCUT2D eigenvalue weighted by atomic mass is 79.9. The number of aromatic amines is 2. The van der Waals surface area contributed by atoms with Crippen molar-refractivity contribution in [2.75, 3.05) is 5.32 Å². The summed E-state index contributed by atoms with van der Waals surface area (Å²) >= 11 is 3.37. The van der Waals surface area contributed by atoms with Gasteiger partial charge in [-0.15, -0.1) is 0 Å². The number of imidazole rings is 1. The maximum absolute atomic E-state index is 12.2. The Morgan fingerprint density at radius 2 is 1.80 bits per heavy atom. The highest BCUT2D eigenvalue weighted by molar-refractivity contribution is 9.10. The average molecular weight is 332 g/mol. The zero-order valence-electron chi connectivity index (χ0n) is 10.2. The predicted octanol–water partition coefficient (Wildman–Crippen LogP) is 2.87. The van der Waals surface area contributed by atoms with Gasteiger partial charge < -0.3 is 15.3 Å². The van der Waals surface area contributed by atoms with Gasteiger partial charge in [0, 0.05) is 10.0 Å². The lowest BCUT2D eigenvalue weighted by Gasteiger charge is -2.07. The fourth-order valence-corrected chi connectivity index (χ4v) is 2.31. The van der Waals surface area contributed by atoms with Gasteiger partial charge in [-0.3, -0.25) is 4.79 Å². The number of nitrogens with one attached hydrogen (secondary N) is 3. The van der Waals surface area contributed by atoms with Crippen LogP contribution in [0.4, 0.5) is 5.69 Å². The number of fused-ring (bicyclic) bond motifs is 1. The third kappa shape index (κ3) is 2.37. The number of anilines is 1. The number of hydrogen-bond donors (Lipinski definition) is 3. The molecule has 6 heteroatoms. The van der Waals surface area contributed by atoms with Gasteiger partial charge in [0.15, 0.2) is 0 Å². The third-order valence-electron chi connectivity index (χ3n) is 2.90. The maximum atomic E-state index is 12.2. The first-order valence-corrected chi connectivity index (χ1v) is 6.71. The number of halogens is 1. The molecule has 0 saturated carbocycles. The normalized spacial score (nSPS) is 10.7. The summed E-state index contributed by atoms with van der Waals surface area (Å²) in [6.07, 6.45) is 0. The number of hydrogen-bond acceptors (Lipinski definition) is 2. The van der Waals surface area contributed by atoms with E-state index in [1.807, 2.05) is 18.2 Å². The van der Waals surface area contributed by atoms with Crippen LogP contribution in [0.2, 0.25) is 0 Å². The van der Waals surface area contributed by atoms with Gasteiger partial charge in [-0.2, -0.15) is 0 Å². The minimum atomic E-state index is -0.289. The second kappa shape index (κ2) is 4.97. The summed E-state index contributed by atoms with van der Waals surface area (Å²) in [6, 6.07) is 12.4. The number of amides is 1. The van der Waals surface area contributed by atoms with Crippen molar-refractivity contribution < 1.29 is 4.79 Å². The molecule has 0 bridgehead atoms. The van der Waals surface area contributed by atoms with Crippen LogP contribution >= 0.6 is 15.9 Å². The first kappa shape index (κ1) is 12.7. The second-order valence-electron chi connectivity index (χ2n) is 4.27. The molecule has 0 aliphatic rings. The molecule has 3 rings (SSSR count). The summed E-state index contributed by atoms with van der Waals surface area (Å²) in [6.45, 7) is 0. The second-order valence-corrected chi connectivity index (χ2v) is 5.13. The molecule has 3 N–H and O–H groups in total. The summed E-state index contributed by atoms with van der Waals surface area (Å²) in [4.78, 5) is 28.6. The standard InChI is InChI=1S/C14H10BrN3O2/c15-9-3-1-2-4-10(9)16-13(19)8-5-6-11-12(7-8)18-14(20)17-11/h1-7H,(H,16,19)(H2,17,18,20). The Kier molecular flexibility index (Phi) is 3.15. The molecule has 0 aliphatic carbocycles. The number of carbonyl (C=O) groups excluding carboxylic acids is 1. The number of aromatic nitrogens is 2. The van der Waals surface area contributed by atoms with Crippen molar-refractivity contribution in [2.24, 2.45) is 0 Å². The van der Waals surface area contributed by atoms with Crippen LogP contribution in [0.3, 0.4) is 0 Å². The number of carbonyl (C=O) groups is 1. The van der Waals surface area contributed by atoms with Crippen LogP contribution in [0.25, 0.3) is 11.0 Å². The minimum Gasteiger partial charge on any atom is -0.321 e. The number of para-hydroxylation sites is 1. The van der Waals surface area contributed by atoms with Gasteiger partial charge in [0.2, 0.25) is 0 Å². The molecule has 1 amide bonds. The Balaban J connectivity index is 1.92. The molecule has 1 heterocycles. The molecular formula is C14H10BrN3O2. The highest BCUT2D eigenvalue weighted by Crippen LogP contribution is 2.22. The molecule has 0 radical (unpaired) electrons. The van der Waals surface area contributed by atoms with E-state index in [1.54, 1.807) is 24.3 Å². The Morgan fingerprint density at radius 1 is 1.05 bits per heavy atom. The Labute approximate surface area is 122 Å². The molecule has 0 fully saturated rings. The van der Waals surface area contributed by atoms with Crippen molar-refractivity contribution in [3.8, 4) is 0 Å². The van der Waals surface area contributed by atoms with Crippen molar-refractivity contribution in [2.45, 2.75) is 0 Å². The van der Waals surface area contributed by atoms with Crippen LogP contribution in [-0.2, 0) is 0 Å². The van der Waals surface area contributed by atoms with Gasteiger partial charge in [-0.1, -0.05) is 12.1 Å². The van der Waals surface area contributed by atoms with E-state index in [-0.39, 0.29) is 11.6 Å². The molecule has 2 aromatic carbocycles. The van der Waals surface area contributed by atoms with E-state index in [1.165, 1.54) is 0 Å². The SMILES string of the molecule is O=C(Nc1ccccc1Br)c1ccc2[nH]c(=O)[nH]c2c1. The maximum Gasteiger partial charge on any atom is 0.323 e. The van der Waals surface area contributed by atoms with Crippen molar-refractivity contribution in [1.82, 2.24) is 9.97 Å². The Hall–Kier alpha value is -2.34. The predicted molar refractivity (Wildman–Crippen MR) is 81.0 cm³/mol. The minimum absolute atomic E-state index is 0.235. The molecule has 0 atom stereocenters.